The summed E-state index contributed by atoms with van der Waals surface area (Å²) in [6, 6.07) is 185. The van der Waals surface area contributed by atoms with Crippen LogP contribution >= 0.6 is 0 Å². The summed E-state index contributed by atoms with van der Waals surface area (Å²) >= 11 is 0. The predicted octanol–water partition coefficient (Wildman–Crippen LogP) is 37.7. The van der Waals surface area contributed by atoms with Crippen LogP contribution in [0, 0.1) is 0 Å². The van der Waals surface area contributed by atoms with E-state index in [1.807, 2.05) is 0 Å². The minimum Gasteiger partial charge on any atom is -0.311 e. The largest absolute Gasteiger partial charge is 0.311 e. The fraction of sp³-hybridized carbons (Fsp3) is 0.0938. The Kier molecular flexibility index (Phi) is 28.0. The molecule has 0 saturated heterocycles. The van der Waals surface area contributed by atoms with Crippen LogP contribution in [0.15, 0.2) is 516 Å². The summed E-state index contributed by atoms with van der Waals surface area (Å²) in [7, 11) is 0. The average molecular weight is 1730 g/mol. The summed E-state index contributed by atoms with van der Waals surface area (Å²) in [5.41, 5.74) is 31.5. The highest BCUT2D eigenvalue weighted by Gasteiger charge is 2.25. The lowest BCUT2D eigenvalue weighted by Crippen LogP contribution is -2.13. The van der Waals surface area contributed by atoms with Crippen molar-refractivity contribution in [1.82, 2.24) is 0 Å². The van der Waals surface area contributed by atoms with Crippen molar-refractivity contribution in [3.8, 4) is 33.4 Å². The number of benzene rings is 20. The SMILES string of the molecule is CCC(C)c1ccc(N(c2ccccc2)c2ccc(N(c3ccccc3)c3ccc4cc5ccccc5cc4c3)cc2)cc1.CCC(C)c1ccc(N(c2ccccc2)c2ccc(N(c3ccccc3)c3ccccc3-c3ccccc3)cc2)cc1.CCC(C)c1ccc(N(c2ccccc2)c2ccc(N(c3ccccc3-c3ccccc3)c3ccccc3-c3ccccc3)cc2)cc1. The molecule has 3 atom stereocenters. The third-order valence-corrected chi connectivity index (χ3v) is 25.8. The minimum atomic E-state index is 0.534. The number of nitrogens with zero attached hydrogens (tertiary/aromatic N) is 6. The Morgan fingerprint density at radius 3 is 0.619 bits per heavy atom. The number of para-hydroxylation sites is 8. The minimum absolute atomic E-state index is 0.534. The Balaban J connectivity index is 0.000000135. The van der Waals surface area contributed by atoms with Crippen LogP contribution in [-0.2, 0) is 0 Å². The van der Waals surface area contributed by atoms with Gasteiger partial charge in [-0.1, -0.05) is 345 Å². The summed E-state index contributed by atoms with van der Waals surface area (Å²) < 4.78 is 0. The summed E-state index contributed by atoms with van der Waals surface area (Å²) in [4.78, 5) is 14.1. The molecule has 134 heavy (non-hydrogen) atoms. The molecule has 0 amide bonds. The highest BCUT2D eigenvalue weighted by molar-refractivity contribution is 6.01. The van der Waals surface area contributed by atoms with Gasteiger partial charge in [-0.05, 0) is 304 Å². The molecular formula is C128H112N6. The third-order valence-electron chi connectivity index (χ3n) is 25.8. The molecule has 0 aromatic heterocycles. The van der Waals surface area contributed by atoms with Crippen LogP contribution in [-0.4, -0.2) is 0 Å². The van der Waals surface area contributed by atoms with E-state index in [4.69, 9.17) is 0 Å². The van der Waals surface area contributed by atoms with Gasteiger partial charge in [-0.25, -0.2) is 0 Å². The molecule has 0 spiro atoms. The molecule has 20 rings (SSSR count). The second-order valence-electron chi connectivity index (χ2n) is 34.3. The van der Waals surface area contributed by atoms with Crippen LogP contribution in [0.3, 0.4) is 0 Å². The van der Waals surface area contributed by atoms with E-state index in [1.54, 1.807) is 0 Å². The molecule has 0 aliphatic rings. The van der Waals surface area contributed by atoms with Crippen LogP contribution < -0.4 is 29.4 Å². The third kappa shape index (κ3) is 20.2. The molecule has 20 aromatic carbocycles. The lowest BCUT2D eigenvalue weighted by Gasteiger charge is -2.31. The standard InChI is InChI=1S/C46H40N2.C42H36N2.C40H36N2/c1-3-35(2)36-27-29-40(30-28-36)47(39-21-11-6-12-22-39)41-31-33-42(34-32-41)48(45-25-15-13-23-43(45)37-17-7-4-8-18-37)46-26-16-14-24-44(46)38-19-9-5-10-20-38;1-3-31(2)32-18-21-39(22-19-32)43(37-14-6-4-7-15-37)40-24-26-41(27-25-40)44(38-16-8-5-9-17-38)42-23-20-35-28-33-12-10-11-13-34(33)29-36(35)30-42;1-3-31(2)32-23-25-36(26-24-32)41(34-17-9-5-10-18-34)37-27-29-38(30-28-37)42(35-19-11-6-12-20-35)40-22-14-13-21-39(40)33-15-7-4-8-16-33/h4-35H,3H2,1-2H3;4-31H,3H2,1-2H3;4-31H,3H2,1-2H3. The zero-order valence-corrected chi connectivity index (χ0v) is 77.1. The molecular weight excluding hydrogens is 1620 g/mol. The van der Waals surface area contributed by atoms with Crippen LogP contribution in [0.4, 0.5) is 102 Å². The first-order valence-corrected chi connectivity index (χ1v) is 47.1. The molecule has 3 unspecified atom stereocenters. The van der Waals surface area contributed by atoms with Crippen molar-refractivity contribution in [2.75, 3.05) is 29.4 Å². The monoisotopic (exact) mass is 1730 g/mol. The van der Waals surface area contributed by atoms with E-state index < -0.39 is 0 Å². The van der Waals surface area contributed by atoms with Gasteiger partial charge in [0.1, 0.15) is 0 Å². The lowest BCUT2D eigenvalue weighted by atomic mass is 9.98. The average Bonchev–Trinajstić information content (AvgIpc) is 0.742. The first-order valence-electron chi connectivity index (χ1n) is 47.1. The topological polar surface area (TPSA) is 19.4 Å². The molecule has 6 heteroatoms. The zero-order valence-electron chi connectivity index (χ0n) is 77.1. The molecule has 0 saturated carbocycles. The summed E-state index contributed by atoms with van der Waals surface area (Å²) in [6.45, 7) is 13.6. The van der Waals surface area contributed by atoms with Crippen molar-refractivity contribution in [3.63, 3.8) is 0 Å². The van der Waals surface area contributed by atoms with Gasteiger partial charge in [-0.3, -0.25) is 0 Å². The van der Waals surface area contributed by atoms with Crippen molar-refractivity contribution >= 4 is 124 Å². The maximum atomic E-state index is 2.40. The maximum Gasteiger partial charge on any atom is 0.0540 e. The number of hydrogen-bond acceptors (Lipinski definition) is 6. The van der Waals surface area contributed by atoms with E-state index in [9.17, 15) is 0 Å². The fourth-order valence-electron chi connectivity index (χ4n) is 18.0. The Labute approximate surface area is 792 Å². The van der Waals surface area contributed by atoms with E-state index in [1.165, 1.54) is 71.6 Å². The summed E-state index contributed by atoms with van der Waals surface area (Å²) in [5, 5.41) is 5.00. The number of hydrogen-bond donors (Lipinski definition) is 0. The van der Waals surface area contributed by atoms with E-state index in [0.717, 1.165) is 122 Å². The van der Waals surface area contributed by atoms with Gasteiger partial charge in [-0.15, -0.1) is 0 Å². The van der Waals surface area contributed by atoms with Crippen LogP contribution in [0.1, 0.15) is 95.2 Å². The van der Waals surface area contributed by atoms with E-state index in [2.05, 4.69) is 587 Å². The molecule has 0 aliphatic heterocycles. The Bertz CT molecular complexity index is 7030. The quantitative estimate of drug-likeness (QED) is 0.0475. The molecule has 0 aliphatic carbocycles. The fourth-order valence-corrected chi connectivity index (χ4v) is 18.0. The van der Waals surface area contributed by atoms with Crippen molar-refractivity contribution in [3.05, 3.63) is 532 Å². The van der Waals surface area contributed by atoms with Gasteiger partial charge in [0, 0.05) is 102 Å². The molecule has 654 valence electrons. The van der Waals surface area contributed by atoms with Gasteiger partial charge < -0.3 is 29.4 Å². The Hall–Kier alpha value is -16.3. The second-order valence-corrected chi connectivity index (χ2v) is 34.3. The van der Waals surface area contributed by atoms with Crippen molar-refractivity contribution in [1.29, 1.82) is 0 Å². The normalized spacial score (nSPS) is 11.7. The summed E-state index contributed by atoms with van der Waals surface area (Å²) in [6.07, 6.45) is 3.39. The first kappa shape index (κ1) is 88.4. The molecule has 0 heterocycles. The molecule has 0 fully saturated rings. The number of rotatable bonds is 27. The molecule has 0 radical (unpaired) electrons. The number of anilines is 18. The van der Waals surface area contributed by atoms with Gasteiger partial charge in [0.15, 0.2) is 0 Å². The van der Waals surface area contributed by atoms with E-state index in [-0.39, 0.29) is 0 Å². The highest BCUT2D eigenvalue weighted by atomic mass is 15.2. The lowest BCUT2D eigenvalue weighted by molar-refractivity contribution is 0.733. The maximum absolute atomic E-state index is 2.40. The van der Waals surface area contributed by atoms with Crippen molar-refractivity contribution < 1.29 is 0 Å². The Morgan fingerprint density at radius 2 is 0.336 bits per heavy atom. The smallest absolute Gasteiger partial charge is 0.0540 e. The van der Waals surface area contributed by atoms with Gasteiger partial charge in [0.25, 0.3) is 0 Å². The Morgan fingerprint density at radius 1 is 0.149 bits per heavy atom. The highest BCUT2D eigenvalue weighted by Crippen LogP contribution is 2.49. The van der Waals surface area contributed by atoms with Gasteiger partial charge in [0.2, 0.25) is 0 Å². The first-order chi connectivity index (χ1) is 66.1. The molecule has 0 N–H and O–H groups in total. The van der Waals surface area contributed by atoms with Crippen molar-refractivity contribution in [2.45, 2.75) is 78.6 Å². The predicted molar refractivity (Wildman–Crippen MR) is 575 cm³/mol. The van der Waals surface area contributed by atoms with Crippen molar-refractivity contribution in [2.24, 2.45) is 0 Å². The molecule has 20 aromatic rings. The van der Waals surface area contributed by atoms with Crippen LogP contribution in [0.25, 0.3) is 54.9 Å². The van der Waals surface area contributed by atoms with Gasteiger partial charge in [0.05, 0.1) is 17.1 Å². The second kappa shape index (κ2) is 42.5. The van der Waals surface area contributed by atoms with E-state index in [0.29, 0.717) is 17.8 Å². The van der Waals surface area contributed by atoms with Gasteiger partial charge >= 0.3 is 0 Å². The van der Waals surface area contributed by atoms with Gasteiger partial charge in [-0.2, -0.15) is 0 Å². The zero-order chi connectivity index (χ0) is 91.3. The molecule has 0 bridgehead atoms. The molecule has 6 nitrogen and oxygen atoms in total. The van der Waals surface area contributed by atoms with Crippen LogP contribution in [0.5, 0.6) is 0 Å². The van der Waals surface area contributed by atoms with E-state index >= 15 is 0 Å². The number of fused-ring (bicyclic) bond motifs is 2. The summed E-state index contributed by atoms with van der Waals surface area (Å²) in [5.74, 6) is 1.63. The van der Waals surface area contributed by atoms with Crippen LogP contribution in [0.2, 0.25) is 0 Å².